The number of hydrogen-bond acceptors (Lipinski definition) is 4. The Hall–Kier alpha value is -0.610. The molecule has 1 N–H and O–H groups in total. The van der Waals surface area contributed by atoms with Gasteiger partial charge in [0.15, 0.2) is 0 Å². The van der Waals surface area contributed by atoms with Gasteiger partial charge in [-0.05, 0) is 59.8 Å². The maximum absolute atomic E-state index is 12.1. The molecule has 20 heavy (non-hydrogen) atoms. The standard InChI is InChI=1S/C16H31NO3/c1-6-15(3,4)20-12-8-11-16(5,14(18)19-7-2)17-13-9-10-13/h13,17H,6-12H2,1-5H3. The molecular formula is C16H31NO3. The van der Waals surface area contributed by atoms with Crippen molar-refractivity contribution < 1.29 is 14.3 Å². The molecule has 4 nitrogen and oxygen atoms in total. The first-order valence-electron chi connectivity index (χ1n) is 7.92. The van der Waals surface area contributed by atoms with Crippen LogP contribution in [0.1, 0.15) is 66.7 Å². The molecule has 118 valence electrons. The summed E-state index contributed by atoms with van der Waals surface area (Å²) in [6.45, 7) is 11.2. The van der Waals surface area contributed by atoms with Crippen LogP contribution >= 0.6 is 0 Å². The minimum atomic E-state index is -0.573. The lowest BCUT2D eigenvalue weighted by Gasteiger charge is -2.30. The van der Waals surface area contributed by atoms with Gasteiger partial charge in [0.05, 0.1) is 12.2 Å². The lowest BCUT2D eigenvalue weighted by Crippen LogP contribution is -2.51. The highest BCUT2D eigenvalue weighted by Crippen LogP contribution is 2.26. The molecular weight excluding hydrogens is 254 g/mol. The Morgan fingerprint density at radius 3 is 2.40 bits per heavy atom. The van der Waals surface area contributed by atoms with Gasteiger partial charge in [-0.15, -0.1) is 0 Å². The van der Waals surface area contributed by atoms with Crippen molar-refractivity contribution in [1.29, 1.82) is 0 Å². The van der Waals surface area contributed by atoms with Gasteiger partial charge in [-0.25, -0.2) is 0 Å². The van der Waals surface area contributed by atoms with Gasteiger partial charge in [0, 0.05) is 12.6 Å². The highest BCUT2D eigenvalue weighted by Gasteiger charge is 2.39. The molecule has 1 rings (SSSR count). The summed E-state index contributed by atoms with van der Waals surface area (Å²) < 4.78 is 11.1. The van der Waals surface area contributed by atoms with Crippen molar-refractivity contribution in [1.82, 2.24) is 5.32 Å². The number of carbonyl (C=O) groups is 1. The Labute approximate surface area is 123 Å². The van der Waals surface area contributed by atoms with E-state index >= 15 is 0 Å². The number of hydrogen-bond donors (Lipinski definition) is 1. The number of esters is 1. The summed E-state index contributed by atoms with van der Waals surface area (Å²) in [5, 5.41) is 3.43. The quantitative estimate of drug-likeness (QED) is 0.495. The van der Waals surface area contributed by atoms with E-state index in [0.717, 1.165) is 32.1 Å². The summed E-state index contributed by atoms with van der Waals surface area (Å²) in [4.78, 5) is 12.1. The third kappa shape index (κ3) is 5.80. The average molecular weight is 285 g/mol. The molecule has 0 radical (unpaired) electrons. The van der Waals surface area contributed by atoms with Crippen LogP contribution in [0.3, 0.4) is 0 Å². The molecule has 0 saturated heterocycles. The summed E-state index contributed by atoms with van der Waals surface area (Å²) in [7, 11) is 0. The van der Waals surface area contributed by atoms with Gasteiger partial charge >= 0.3 is 5.97 Å². The van der Waals surface area contributed by atoms with Crippen LogP contribution in [0.5, 0.6) is 0 Å². The van der Waals surface area contributed by atoms with Gasteiger partial charge in [-0.2, -0.15) is 0 Å². The van der Waals surface area contributed by atoms with E-state index in [2.05, 4.69) is 26.1 Å². The highest BCUT2D eigenvalue weighted by molar-refractivity contribution is 5.80. The molecule has 0 aromatic carbocycles. The van der Waals surface area contributed by atoms with Gasteiger partial charge in [0.2, 0.25) is 0 Å². The lowest BCUT2D eigenvalue weighted by molar-refractivity contribution is -0.151. The molecule has 0 bridgehead atoms. The Bertz CT molecular complexity index is 313. The zero-order valence-electron chi connectivity index (χ0n) is 13.8. The van der Waals surface area contributed by atoms with Crippen LogP contribution in [0.2, 0.25) is 0 Å². The van der Waals surface area contributed by atoms with Crippen molar-refractivity contribution >= 4 is 5.97 Å². The topological polar surface area (TPSA) is 47.6 Å². The van der Waals surface area contributed by atoms with E-state index in [1.165, 1.54) is 0 Å². The molecule has 1 fully saturated rings. The summed E-state index contributed by atoms with van der Waals surface area (Å²) in [6, 6.07) is 0.484. The van der Waals surface area contributed by atoms with Crippen molar-refractivity contribution in [2.45, 2.75) is 83.9 Å². The number of ether oxygens (including phenoxy) is 2. The Morgan fingerprint density at radius 2 is 1.90 bits per heavy atom. The van der Waals surface area contributed by atoms with E-state index in [9.17, 15) is 4.79 Å². The molecule has 0 aromatic rings. The predicted molar refractivity (Wildman–Crippen MR) is 80.8 cm³/mol. The average Bonchev–Trinajstić information content (AvgIpc) is 3.19. The number of rotatable bonds is 10. The van der Waals surface area contributed by atoms with Crippen LogP contribution in [-0.4, -0.2) is 36.4 Å². The number of carbonyl (C=O) groups excluding carboxylic acids is 1. The zero-order chi connectivity index (χ0) is 15.2. The third-order valence-corrected chi connectivity index (χ3v) is 3.99. The van der Waals surface area contributed by atoms with Crippen LogP contribution < -0.4 is 5.32 Å². The van der Waals surface area contributed by atoms with E-state index in [1.807, 2.05) is 13.8 Å². The first-order chi connectivity index (χ1) is 9.33. The highest BCUT2D eigenvalue weighted by atomic mass is 16.5. The van der Waals surface area contributed by atoms with Crippen LogP contribution in [-0.2, 0) is 14.3 Å². The van der Waals surface area contributed by atoms with Crippen molar-refractivity contribution in [2.24, 2.45) is 0 Å². The molecule has 1 aliphatic carbocycles. The summed E-state index contributed by atoms with van der Waals surface area (Å²) in [5.41, 5.74) is -0.652. The fraction of sp³-hybridized carbons (Fsp3) is 0.938. The second-order valence-corrected chi connectivity index (χ2v) is 6.54. The maximum atomic E-state index is 12.1. The molecule has 0 aromatic heterocycles. The summed E-state index contributed by atoms with van der Waals surface area (Å²) >= 11 is 0. The van der Waals surface area contributed by atoms with E-state index in [0.29, 0.717) is 19.3 Å². The Morgan fingerprint density at radius 1 is 1.25 bits per heavy atom. The summed E-state index contributed by atoms with van der Waals surface area (Å²) in [6.07, 6.45) is 4.92. The Balaban J connectivity index is 2.42. The second kappa shape index (κ2) is 7.41. The van der Waals surface area contributed by atoms with Crippen LogP contribution in [0.15, 0.2) is 0 Å². The van der Waals surface area contributed by atoms with Crippen LogP contribution in [0.4, 0.5) is 0 Å². The molecule has 0 spiro atoms. The van der Waals surface area contributed by atoms with Crippen molar-refractivity contribution in [2.75, 3.05) is 13.2 Å². The molecule has 1 aliphatic rings. The normalized spacial score (nSPS) is 18.6. The smallest absolute Gasteiger partial charge is 0.326 e. The molecule has 1 atom stereocenters. The SMILES string of the molecule is CCOC(=O)C(C)(CCCOC(C)(C)CC)NC1CC1. The van der Waals surface area contributed by atoms with Gasteiger partial charge in [0.1, 0.15) is 5.54 Å². The molecule has 0 amide bonds. The maximum Gasteiger partial charge on any atom is 0.326 e. The van der Waals surface area contributed by atoms with Crippen molar-refractivity contribution in [3.63, 3.8) is 0 Å². The fourth-order valence-corrected chi connectivity index (χ4v) is 2.08. The molecule has 0 aliphatic heterocycles. The van der Waals surface area contributed by atoms with Gasteiger partial charge < -0.3 is 9.47 Å². The fourth-order valence-electron chi connectivity index (χ4n) is 2.08. The zero-order valence-corrected chi connectivity index (χ0v) is 13.8. The van der Waals surface area contributed by atoms with E-state index in [-0.39, 0.29) is 11.6 Å². The predicted octanol–water partition coefficient (Wildman–Crippen LogP) is 3.05. The molecule has 1 saturated carbocycles. The van der Waals surface area contributed by atoms with Crippen LogP contribution in [0.25, 0.3) is 0 Å². The van der Waals surface area contributed by atoms with E-state index in [1.54, 1.807) is 0 Å². The first-order valence-corrected chi connectivity index (χ1v) is 7.92. The van der Waals surface area contributed by atoms with Gasteiger partial charge in [0.25, 0.3) is 0 Å². The summed E-state index contributed by atoms with van der Waals surface area (Å²) in [5.74, 6) is -0.137. The van der Waals surface area contributed by atoms with Crippen LogP contribution in [0, 0.1) is 0 Å². The lowest BCUT2D eigenvalue weighted by atomic mass is 9.95. The van der Waals surface area contributed by atoms with Crippen molar-refractivity contribution in [3.8, 4) is 0 Å². The van der Waals surface area contributed by atoms with E-state index in [4.69, 9.17) is 9.47 Å². The molecule has 0 heterocycles. The largest absolute Gasteiger partial charge is 0.465 e. The number of nitrogens with one attached hydrogen (secondary N) is 1. The van der Waals surface area contributed by atoms with Crippen molar-refractivity contribution in [3.05, 3.63) is 0 Å². The first kappa shape index (κ1) is 17.4. The van der Waals surface area contributed by atoms with E-state index < -0.39 is 5.54 Å². The minimum absolute atomic E-state index is 0.0791. The minimum Gasteiger partial charge on any atom is -0.465 e. The second-order valence-electron chi connectivity index (χ2n) is 6.54. The van der Waals surface area contributed by atoms with Gasteiger partial charge in [-0.1, -0.05) is 6.92 Å². The molecule has 4 heteroatoms. The Kier molecular flexibility index (Phi) is 6.46. The van der Waals surface area contributed by atoms with Gasteiger partial charge in [-0.3, -0.25) is 10.1 Å². The molecule has 1 unspecified atom stereocenters. The third-order valence-electron chi connectivity index (χ3n) is 3.99. The monoisotopic (exact) mass is 285 g/mol.